The van der Waals surface area contributed by atoms with Crippen LogP contribution in [0.4, 0.5) is 11.4 Å². The van der Waals surface area contributed by atoms with Gasteiger partial charge in [0.2, 0.25) is 4.87 Å². The number of amides is 4. The molecule has 5 N–H and O–H groups in total. The van der Waals surface area contributed by atoms with Crippen molar-refractivity contribution in [1.82, 2.24) is 19.6 Å². The Labute approximate surface area is 289 Å². The number of anilines is 2. The molecule has 10 atom stereocenters. The molecule has 2 aromatic carbocycles. The van der Waals surface area contributed by atoms with Crippen molar-refractivity contribution in [3.05, 3.63) is 59.7 Å². The number of nitrogens with zero attached hydrogens (tertiary/aromatic N) is 4. The quantitative estimate of drug-likeness (QED) is 0.267. The highest BCUT2D eigenvalue weighted by Gasteiger charge is 2.92. The number of para-hydroxylation sites is 2. The van der Waals surface area contributed by atoms with Gasteiger partial charge in [-0.05, 0) is 40.0 Å². The number of carbonyl (C=O) groups excluding carboxylic acids is 4. The number of methoxy groups -OCH3 is 1. The molecule has 8 aliphatic heterocycles. The van der Waals surface area contributed by atoms with E-state index in [0.717, 1.165) is 15.7 Å². The van der Waals surface area contributed by atoms with Gasteiger partial charge in [0.25, 0.3) is 29.4 Å². The van der Waals surface area contributed by atoms with Crippen LogP contribution < -0.4 is 10.6 Å². The number of aliphatic hydroxyl groups excluding tert-OH is 3. The number of nitrogens with one attached hydrogen (secondary N) is 2. The third kappa shape index (κ3) is 2.79. The molecule has 8 aliphatic rings. The number of rotatable bonds is 4. The molecule has 1 spiro atoms. The molecule has 2 bridgehead atoms. The SMILES string of the molecule is CO[C@@]12C(=O)N(C)[C@@H](CO)C(=O)N1[C@@H]1Nc3ccccc3C1(C13c4ccccc4N[C@@H]1N1C(=O)[C@@]4(C(C)C)SS[C@]1(C(=O)N4C)[C@@H]3O)[C@H]2O. The van der Waals surface area contributed by atoms with Gasteiger partial charge < -0.3 is 40.5 Å². The zero-order chi connectivity index (χ0) is 34.8. The molecule has 10 rings (SSSR count). The van der Waals surface area contributed by atoms with Crippen molar-refractivity contribution >= 4 is 56.6 Å². The summed E-state index contributed by atoms with van der Waals surface area (Å²) in [5.41, 5.74) is -3.85. The third-order valence-electron chi connectivity index (χ3n) is 12.5. The number of hydrogen-bond donors (Lipinski definition) is 5. The summed E-state index contributed by atoms with van der Waals surface area (Å²) in [5, 5.41) is 43.9. The van der Waals surface area contributed by atoms with Crippen LogP contribution in [0.3, 0.4) is 0 Å². The van der Waals surface area contributed by atoms with Crippen LogP contribution in [0.2, 0.25) is 0 Å². The molecule has 6 fully saturated rings. The number of aliphatic hydroxyl groups is 3. The second-order valence-electron chi connectivity index (χ2n) is 14.2. The minimum Gasteiger partial charge on any atom is -0.394 e. The second-order valence-corrected chi connectivity index (χ2v) is 16.8. The van der Waals surface area contributed by atoms with Crippen molar-refractivity contribution in [2.45, 2.75) is 70.7 Å². The highest BCUT2D eigenvalue weighted by Crippen LogP contribution is 2.76. The van der Waals surface area contributed by atoms with Gasteiger partial charge in [-0.2, -0.15) is 0 Å². The van der Waals surface area contributed by atoms with Gasteiger partial charge in [0.05, 0.1) is 17.4 Å². The molecule has 0 aromatic heterocycles. The maximum Gasteiger partial charge on any atom is 0.279 e. The summed E-state index contributed by atoms with van der Waals surface area (Å²) in [5.74, 6) is -2.59. The maximum atomic E-state index is 15.1. The molecule has 0 saturated carbocycles. The first-order valence-electron chi connectivity index (χ1n) is 16.2. The lowest BCUT2D eigenvalue weighted by Crippen LogP contribution is -2.79. The van der Waals surface area contributed by atoms with Crippen LogP contribution in [0, 0.1) is 5.92 Å². The van der Waals surface area contributed by atoms with E-state index in [1.54, 1.807) is 49.5 Å². The molecular formula is C33H36N6O8S2. The summed E-state index contributed by atoms with van der Waals surface area (Å²) < 4.78 is 6.03. The van der Waals surface area contributed by atoms with Crippen LogP contribution in [0.25, 0.3) is 0 Å². The summed E-state index contributed by atoms with van der Waals surface area (Å²) in [4.78, 5) is 61.0. The fraction of sp³-hybridized carbons (Fsp3) is 0.515. The van der Waals surface area contributed by atoms with Crippen molar-refractivity contribution in [3.63, 3.8) is 0 Å². The normalized spacial score (nSPS) is 42.6. The summed E-state index contributed by atoms with van der Waals surface area (Å²) in [6.45, 7) is 3.07. The Balaban J connectivity index is 1.42. The zero-order valence-electron chi connectivity index (χ0n) is 27.3. The first-order valence-corrected chi connectivity index (χ1v) is 18.3. The molecule has 0 radical (unpaired) electrons. The van der Waals surface area contributed by atoms with Crippen molar-refractivity contribution in [3.8, 4) is 0 Å². The van der Waals surface area contributed by atoms with E-state index in [0.29, 0.717) is 22.5 Å². The van der Waals surface area contributed by atoms with Crippen molar-refractivity contribution in [1.29, 1.82) is 0 Å². The molecule has 16 heteroatoms. The Morgan fingerprint density at radius 2 is 1.37 bits per heavy atom. The van der Waals surface area contributed by atoms with Crippen LogP contribution >= 0.6 is 21.6 Å². The van der Waals surface area contributed by atoms with E-state index in [-0.39, 0.29) is 11.8 Å². The van der Waals surface area contributed by atoms with Gasteiger partial charge in [-0.25, -0.2) is 0 Å². The van der Waals surface area contributed by atoms with Crippen molar-refractivity contribution < 1.29 is 39.2 Å². The van der Waals surface area contributed by atoms with Gasteiger partial charge in [0, 0.05) is 32.6 Å². The van der Waals surface area contributed by atoms with Gasteiger partial charge in [-0.15, -0.1) is 0 Å². The van der Waals surface area contributed by atoms with Gasteiger partial charge in [0.1, 0.15) is 30.6 Å². The fourth-order valence-electron chi connectivity index (χ4n) is 10.5. The molecule has 2 aromatic rings. The molecule has 49 heavy (non-hydrogen) atoms. The average molecular weight is 709 g/mol. The van der Waals surface area contributed by atoms with Crippen LogP contribution in [0.5, 0.6) is 0 Å². The van der Waals surface area contributed by atoms with Gasteiger partial charge in [0.15, 0.2) is 4.87 Å². The van der Waals surface area contributed by atoms with Crippen molar-refractivity contribution in [2.24, 2.45) is 5.92 Å². The first kappa shape index (κ1) is 31.4. The van der Waals surface area contributed by atoms with Crippen LogP contribution in [-0.4, -0.2) is 132 Å². The lowest BCUT2D eigenvalue weighted by molar-refractivity contribution is -0.218. The fourth-order valence-corrected chi connectivity index (χ4v) is 14.7. The van der Waals surface area contributed by atoms with E-state index in [1.807, 2.05) is 19.9 Å². The Morgan fingerprint density at radius 3 is 1.92 bits per heavy atom. The van der Waals surface area contributed by atoms with E-state index in [4.69, 9.17) is 4.74 Å². The molecule has 2 unspecified atom stereocenters. The Kier molecular flexibility index (Phi) is 6.04. The lowest BCUT2D eigenvalue weighted by Gasteiger charge is -2.60. The van der Waals surface area contributed by atoms with E-state index in [9.17, 15) is 29.7 Å². The Morgan fingerprint density at radius 1 is 0.816 bits per heavy atom. The molecule has 6 saturated heterocycles. The molecule has 8 heterocycles. The van der Waals surface area contributed by atoms with Crippen LogP contribution in [-0.2, 0) is 34.7 Å². The topological polar surface area (TPSA) is 175 Å². The average Bonchev–Trinajstić information content (AvgIpc) is 3.74. The van der Waals surface area contributed by atoms with E-state index in [1.165, 1.54) is 39.7 Å². The Bertz CT molecular complexity index is 1900. The molecular weight excluding hydrogens is 673 g/mol. The molecule has 0 aliphatic carbocycles. The van der Waals surface area contributed by atoms with E-state index < -0.39 is 81.2 Å². The highest BCUT2D eigenvalue weighted by atomic mass is 33.1. The molecule has 4 amide bonds. The number of ether oxygens (including phenoxy) is 1. The first-order chi connectivity index (χ1) is 23.3. The predicted molar refractivity (Wildman–Crippen MR) is 178 cm³/mol. The summed E-state index contributed by atoms with van der Waals surface area (Å²) in [6.07, 6.45) is -5.95. The smallest absolute Gasteiger partial charge is 0.279 e. The van der Waals surface area contributed by atoms with Crippen molar-refractivity contribution in [2.75, 3.05) is 38.4 Å². The maximum absolute atomic E-state index is 15.1. The highest BCUT2D eigenvalue weighted by molar-refractivity contribution is 8.78. The number of piperazine rings is 2. The number of likely N-dealkylation sites (N-methyl/N-ethyl adjacent to an activating group) is 2. The molecule has 258 valence electrons. The van der Waals surface area contributed by atoms with E-state index >= 15 is 4.79 Å². The number of hydrogen-bond acceptors (Lipinski definition) is 12. The summed E-state index contributed by atoms with van der Waals surface area (Å²) in [7, 11) is 6.58. The van der Waals surface area contributed by atoms with Gasteiger partial charge in [-0.1, -0.05) is 61.0 Å². The van der Waals surface area contributed by atoms with Gasteiger partial charge >= 0.3 is 0 Å². The van der Waals surface area contributed by atoms with Gasteiger partial charge in [-0.3, -0.25) is 29.0 Å². The van der Waals surface area contributed by atoms with Crippen LogP contribution in [0.15, 0.2) is 48.5 Å². The number of carbonyl (C=O) groups is 4. The number of benzene rings is 2. The number of fused-ring (bicyclic) bond motifs is 11. The molecule has 14 nitrogen and oxygen atoms in total. The minimum atomic E-state index is -2.32. The summed E-state index contributed by atoms with van der Waals surface area (Å²) in [6, 6.07) is 13.0. The monoisotopic (exact) mass is 708 g/mol. The Hall–Kier alpha value is -3.54. The lowest BCUT2D eigenvalue weighted by atomic mass is 9.51. The predicted octanol–water partition coefficient (Wildman–Crippen LogP) is -0.137. The largest absolute Gasteiger partial charge is 0.394 e. The van der Waals surface area contributed by atoms with E-state index in [2.05, 4.69) is 10.6 Å². The summed E-state index contributed by atoms with van der Waals surface area (Å²) >= 11 is 0. The van der Waals surface area contributed by atoms with Crippen LogP contribution in [0.1, 0.15) is 25.0 Å². The zero-order valence-corrected chi connectivity index (χ0v) is 28.9. The minimum absolute atomic E-state index is 0.315. The second kappa shape index (κ2) is 9.41. The third-order valence-corrected chi connectivity index (χ3v) is 16.4. The standard InChI is InChI=1S/C33H36N6O8S2/c1-15(2)32-28(46)39-25-30(17-11-7-9-13-19(17)35-25,23(43)33(39,49-48-32)27(45)37(32)4)29-16-10-6-8-12-18(16)34-24(29)38-21(41)20(14-40)36(3)26(44)31(38,47-5)22(29)42/h6-13,15,20,22-25,34-35,40,42-43H,14H2,1-5H3/t20-,22+,23+,24-,25+,29?,30?,31-,32+,33-/m0/s1.